The van der Waals surface area contributed by atoms with Crippen LogP contribution >= 0.6 is 0 Å². The zero-order chi connectivity index (χ0) is 35.0. The van der Waals surface area contributed by atoms with Crippen molar-refractivity contribution in [3.8, 4) is 0 Å². The summed E-state index contributed by atoms with van der Waals surface area (Å²) >= 11 is 0. The van der Waals surface area contributed by atoms with E-state index in [1.165, 1.54) is 89.9 Å². The fraction of sp³-hybridized carbons (Fsp3) is 0.545. The number of fused-ring (bicyclic) bond motifs is 8. The molecule has 0 saturated carbocycles. The molecule has 0 fully saturated rings. The monoisotopic (exact) mass is 678 g/mol. The SMILES string of the molecule is CCCCCCCCCCC(OC)c1c2nc(cc3ccc([nH]3)c(C(CCCCCCCCCC)OC)c3ccc(cc4nc1C=C4)[nH]3)C=C2. The summed E-state index contributed by atoms with van der Waals surface area (Å²) < 4.78 is 12.4. The van der Waals surface area contributed by atoms with Crippen molar-refractivity contribution in [2.45, 2.75) is 142 Å². The summed E-state index contributed by atoms with van der Waals surface area (Å²) in [7, 11) is 3.67. The molecule has 6 heteroatoms. The molecule has 5 rings (SSSR count). The van der Waals surface area contributed by atoms with E-state index < -0.39 is 0 Å². The Morgan fingerprint density at radius 3 is 1.32 bits per heavy atom. The molecule has 8 bridgehead atoms. The van der Waals surface area contributed by atoms with Gasteiger partial charge in [-0.25, -0.2) is 9.97 Å². The van der Waals surface area contributed by atoms with Crippen LogP contribution < -0.4 is 0 Å². The van der Waals surface area contributed by atoms with Gasteiger partial charge >= 0.3 is 0 Å². The molecule has 2 atom stereocenters. The van der Waals surface area contributed by atoms with Gasteiger partial charge in [0.15, 0.2) is 0 Å². The van der Waals surface area contributed by atoms with Crippen molar-refractivity contribution in [1.29, 1.82) is 0 Å². The Morgan fingerprint density at radius 2 is 0.900 bits per heavy atom. The summed E-state index contributed by atoms with van der Waals surface area (Å²) in [5, 5.41) is 0. The lowest BCUT2D eigenvalue weighted by atomic mass is 9.99. The number of hydrogen-bond donors (Lipinski definition) is 2. The van der Waals surface area contributed by atoms with E-state index in [-0.39, 0.29) is 12.2 Å². The highest BCUT2D eigenvalue weighted by atomic mass is 16.5. The largest absolute Gasteiger partial charge is 0.377 e. The zero-order valence-corrected chi connectivity index (χ0v) is 31.4. The molecule has 2 unspecified atom stereocenters. The summed E-state index contributed by atoms with van der Waals surface area (Å²) in [5.74, 6) is 0. The van der Waals surface area contributed by atoms with E-state index in [1.807, 2.05) is 14.2 Å². The summed E-state index contributed by atoms with van der Waals surface area (Å²) in [6.45, 7) is 4.55. The van der Waals surface area contributed by atoms with Crippen LogP contribution in [-0.4, -0.2) is 34.2 Å². The highest BCUT2D eigenvalue weighted by Crippen LogP contribution is 2.34. The minimum Gasteiger partial charge on any atom is -0.377 e. The Bertz CT molecular complexity index is 1600. The van der Waals surface area contributed by atoms with Gasteiger partial charge in [-0.2, -0.15) is 0 Å². The molecule has 2 aliphatic rings. The van der Waals surface area contributed by atoms with Crippen molar-refractivity contribution in [2.24, 2.45) is 0 Å². The number of rotatable bonds is 22. The van der Waals surface area contributed by atoms with E-state index >= 15 is 0 Å². The van der Waals surface area contributed by atoms with Crippen molar-refractivity contribution in [3.63, 3.8) is 0 Å². The average molecular weight is 679 g/mol. The summed E-state index contributed by atoms with van der Waals surface area (Å²) in [6, 6.07) is 12.9. The first-order chi connectivity index (χ1) is 24.6. The van der Waals surface area contributed by atoms with Crippen LogP contribution in [0.4, 0.5) is 0 Å². The number of H-pyrrole nitrogens is 2. The summed E-state index contributed by atoms with van der Waals surface area (Å²) in [5.41, 5.74) is 10.1. The van der Waals surface area contributed by atoms with Crippen LogP contribution in [-0.2, 0) is 9.47 Å². The quantitative estimate of drug-likeness (QED) is 0.0714. The first-order valence-electron chi connectivity index (χ1n) is 19.8. The van der Waals surface area contributed by atoms with Gasteiger partial charge in [0.2, 0.25) is 0 Å². The molecule has 0 saturated heterocycles. The topological polar surface area (TPSA) is 75.8 Å². The zero-order valence-electron chi connectivity index (χ0n) is 31.4. The van der Waals surface area contributed by atoms with Crippen molar-refractivity contribution >= 4 is 46.4 Å². The van der Waals surface area contributed by atoms with E-state index in [0.29, 0.717) is 0 Å². The van der Waals surface area contributed by atoms with Crippen LogP contribution in [0.1, 0.15) is 176 Å². The molecular formula is C44H62N4O2. The van der Waals surface area contributed by atoms with E-state index in [4.69, 9.17) is 19.4 Å². The van der Waals surface area contributed by atoms with Gasteiger partial charge in [0.25, 0.3) is 0 Å². The fourth-order valence-corrected chi connectivity index (χ4v) is 7.48. The second kappa shape index (κ2) is 20.4. The lowest BCUT2D eigenvalue weighted by molar-refractivity contribution is 0.0923. The smallest absolute Gasteiger partial charge is 0.0863 e. The van der Waals surface area contributed by atoms with Gasteiger partial charge in [0, 0.05) is 47.4 Å². The number of ether oxygens (including phenoxy) is 2. The molecule has 3 aromatic rings. The number of methoxy groups -OCH3 is 2. The van der Waals surface area contributed by atoms with Crippen LogP contribution in [0.5, 0.6) is 0 Å². The Kier molecular flexibility index (Phi) is 15.4. The molecular weight excluding hydrogens is 617 g/mol. The lowest BCUT2D eigenvalue weighted by Crippen LogP contribution is -2.06. The van der Waals surface area contributed by atoms with Crippen molar-refractivity contribution < 1.29 is 9.47 Å². The molecule has 6 nitrogen and oxygen atoms in total. The van der Waals surface area contributed by atoms with Crippen molar-refractivity contribution in [2.75, 3.05) is 14.2 Å². The molecule has 5 heterocycles. The van der Waals surface area contributed by atoms with E-state index in [9.17, 15) is 0 Å². The van der Waals surface area contributed by atoms with Gasteiger partial charge in [-0.1, -0.05) is 117 Å². The first-order valence-corrected chi connectivity index (χ1v) is 19.8. The van der Waals surface area contributed by atoms with Crippen LogP contribution in [0.3, 0.4) is 0 Å². The molecule has 270 valence electrons. The molecule has 0 spiro atoms. The van der Waals surface area contributed by atoms with Crippen molar-refractivity contribution in [3.05, 3.63) is 70.3 Å². The van der Waals surface area contributed by atoms with Gasteiger partial charge in [0.05, 0.1) is 35.0 Å². The first kappa shape index (κ1) is 37.8. The molecule has 2 aliphatic heterocycles. The normalized spacial score (nSPS) is 13.7. The number of nitrogens with zero attached hydrogens (tertiary/aromatic N) is 2. The van der Waals surface area contributed by atoms with Gasteiger partial charge < -0.3 is 19.4 Å². The number of aromatic nitrogens is 4. The maximum atomic E-state index is 6.20. The maximum absolute atomic E-state index is 6.20. The van der Waals surface area contributed by atoms with Gasteiger partial charge in [-0.05, 0) is 73.5 Å². The Labute approximate surface area is 301 Å². The molecule has 0 aromatic carbocycles. The Hall–Kier alpha value is -3.48. The minimum absolute atomic E-state index is 0.0246. The predicted molar refractivity (Wildman–Crippen MR) is 213 cm³/mol. The van der Waals surface area contributed by atoms with Crippen LogP contribution in [0.15, 0.2) is 36.4 Å². The van der Waals surface area contributed by atoms with E-state index in [0.717, 1.165) is 81.7 Å². The Balaban J connectivity index is 1.45. The van der Waals surface area contributed by atoms with Crippen LogP contribution in [0, 0.1) is 0 Å². The highest BCUT2D eigenvalue weighted by molar-refractivity contribution is 5.81. The van der Waals surface area contributed by atoms with Crippen LogP contribution in [0.2, 0.25) is 0 Å². The fourth-order valence-electron chi connectivity index (χ4n) is 7.48. The summed E-state index contributed by atoms with van der Waals surface area (Å²) in [6.07, 6.45) is 31.0. The highest BCUT2D eigenvalue weighted by Gasteiger charge is 2.21. The minimum atomic E-state index is -0.0714. The van der Waals surface area contributed by atoms with Crippen LogP contribution in [0.25, 0.3) is 46.4 Å². The molecule has 2 N–H and O–H groups in total. The number of aromatic amines is 2. The third-order valence-corrected chi connectivity index (χ3v) is 10.3. The molecule has 0 aliphatic carbocycles. The molecule has 0 radical (unpaired) electrons. The molecule has 0 amide bonds. The van der Waals surface area contributed by atoms with E-state index in [2.05, 4.69) is 84.5 Å². The number of hydrogen-bond acceptors (Lipinski definition) is 4. The van der Waals surface area contributed by atoms with Gasteiger partial charge in [0.1, 0.15) is 0 Å². The predicted octanol–water partition coefficient (Wildman–Crippen LogP) is 13.1. The molecule has 50 heavy (non-hydrogen) atoms. The van der Waals surface area contributed by atoms with E-state index in [1.54, 1.807) is 0 Å². The van der Waals surface area contributed by atoms with Crippen molar-refractivity contribution in [1.82, 2.24) is 19.9 Å². The second-order valence-electron chi connectivity index (χ2n) is 14.3. The lowest BCUT2D eigenvalue weighted by Gasteiger charge is -2.17. The molecule has 3 aromatic heterocycles. The average Bonchev–Trinajstić information content (AvgIpc) is 3.96. The second-order valence-corrected chi connectivity index (χ2v) is 14.3. The maximum Gasteiger partial charge on any atom is 0.0863 e. The third kappa shape index (κ3) is 10.8. The Morgan fingerprint density at radius 1 is 0.500 bits per heavy atom. The van der Waals surface area contributed by atoms with Gasteiger partial charge in [-0.3, -0.25) is 0 Å². The summed E-state index contributed by atoms with van der Waals surface area (Å²) in [4.78, 5) is 17.7. The standard InChI is InChI=1S/C44H62N4O2/c1-5-7-9-11-13-15-17-19-21-41(49-3)43-37-27-23-33(45-37)31-35-25-29-39(47-35)44(42(50-4)22-20-18-16-14-12-10-8-6-2)40-30-26-36(48-40)32-34-24-28-38(43)46-34/h23-32,41-42,45-46H,5-22H2,1-4H3. The third-order valence-electron chi connectivity index (χ3n) is 10.3. The number of unbranched alkanes of at least 4 members (excludes halogenated alkanes) is 14. The number of nitrogens with one attached hydrogen (secondary N) is 2. The van der Waals surface area contributed by atoms with Gasteiger partial charge in [-0.15, -0.1) is 0 Å².